The minimum Gasteiger partial charge on any atom is -0.457 e. The van der Waals surface area contributed by atoms with E-state index in [1.54, 1.807) is 23.6 Å². The van der Waals surface area contributed by atoms with Gasteiger partial charge in [-0.3, -0.25) is 9.59 Å². The Morgan fingerprint density at radius 3 is 2.83 bits per heavy atom. The van der Waals surface area contributed by atoms with Gasteiger partial charge in [0.2, 0.25) is 12.4 Å². The van der Waals surface area contributed by atoms with Gasteiger partial charge in [0.15, 0.2) is 11.5 Å². The largest absolute Gasteiger partial charge is 0.457 e. The van der Waals surface area contributed by atoms with Crippen molar-refractivity contribution in [3.05, 3.63) is 45.2 Å². The fourth-order valence-electron chi connectivity index (χ4n) is 5.03. The van der Waals surface area contributed by atoms with E-state index in [-0.39, 0.29) is 50.5 Å². The standard InChI is InChI=1S/C24H22N4O7/c1-2-24(35-18(29)3-4-25)14-6-16-20-11(8-28(16)22(30)13(14)9-32-23(24)31)5-12-15(27-20)7-17-21(19(12)26)34-10-33-17/h5-7H,2-4,8-10,25-26H2,1H3/t24-/m1/s1. The highest BCUT2D eigenvalue weighted by Gasteiger charge is 2.50. The first-order valence-corrected chi connectivity index (χ1v) is 11.3. The zero-order valence-corrected chi connectivity index (χ0v) is 18.9. The first kappa shape index (κ1) is 21.4. The number of esters is 2. The van der Waals surface area contributed by atoms with Gasteiger partial charge in [-0.25, -0.2) is 9.78 Å². The van der Waals surface area contributed by atoms with Gasteiger partial charge < -0.3 is 35.0 Å². The predicted octanol–water partition coefficient (Wildman–Crippen LogP) is 1.29. The summed E-state index contributed by atoms with van der Waals surface area (Å²) in [5.41, 5.74) is 13.2. The Hall–Kier alpha value is -4.12. The lowest BCUT2D eigenvalue weighted by molar-refractivity contribution is -0.189. The number of nitrogens with zero attached hydrogens (tertiary/aromatic N) is 2. The van der Waals surface area contributed by atoms with E-state index in [1.165, 1.54) is 0 Å². The molecule has 3 aromatic rings. The minimum atomic E-state index is -1.73. The van der Waals surface area contributed by atoms with Gasteiger partial charge in [-0.2, -0.15) is 0 Å². The quantitative estimate of drug-likeness (QED) is 0.323. The first-order chi connectivity index (χ1) is 16.9. The maximum Gasteiger partial charge on any atom is 0.355 e. The molecule has 3 aliphatic heterocycles. The van der Waals surface area contributed by atoms with E-state index in [4.69, 9.17) is 35.4 Å². The molecule has 1 atom stereocenters. The Kier molecular flexibility index (Phi) is 4.55. The Bertz CT molecular complexity index is 1510. The van der Waals surface area contributed by atoms with Crippen molar-refractivity contribution in [3.8, 4) is 22.9 Å². The van der Waals surface area contributed by atoms with Gasteiger partial charge in [0, 0.05) is 29.1 Å². The van der Waals surface area contributed by atoms with E-state index in [0.29, 0.717) is 45.0 Å². The molecule has 4 N–H and O–H groups in total. The summed E-state index contributed by atoms with van der Waals surface area (Å²) in [4.78, 5) is 43.6. The third-order valence-electron chi connectivity index (χ3n) is 6.79. The molecule has 0 unspecified atom stereocenters. The fourth-order valence-corrected chi connectivity index (χ4v) is 5.03. The van der Waals surface area contributed by atoms with Crippen molar-refractivity contribution in [3.63, 3.8) is 0 Å². The molecule has 0 spiro atoms. The molecule has 0 bridgehead atoms. The van der Waals surface area contributed by atoms with Gasteiger partial charge in [-0.15, -0.1) is 0 Å². The summed E-state index contributed by atoms with van der Waals surface area (Å²) in [5.74, 6) is -0.379. The second kappa shape index (κ2) is 7.44. The molecule has 1 aromatic carbocycles. The molecule has 5 heterocycles. The summed E-state index contributed by atoms with van der Waals surface area (Å²) in [6.07, 6.45) is 0.0260. The predicted molar refractivity (Wildman–Crippen MR) is 123 cm³/mol. The van der Waals surface area contributed by atoms with E-state index in [2.05, 4.69) is 0 Å². The first-order valence-electron chi connectivity index (χ1n) is 11.3. The van der Waals surface area contributed by atoms with Gasteiger partial charge in [-0.05, 0) is 18.6 Å². The number of aromatic nitrogens is 2. The van der Waals surface area contributed by atoms with Crippen molar-refractivity contribution in [1.29, 1.82) is 0 Å². The second-order valence-corrected chi connectivity index (χ2v) is 8.67. The smallest absolute Gasteiger partial charge is 0.355 e. The molecule has 0 saturated heterocycles. The van der Waals surface area contributed by atoms with Gasteiger partial charge in [0.25, 0.3) is 5.56 Å². The molecule has 0 fully saturated rings. The molecule has 0 radical (unpaired) electrons. The molecule has 3 aliphatic rings. The number of anilines is 1. The Morgan fingerprint density at radius 1 is 1.23 bits per heavy atom. The lowest BCUT2D eigenvalue weighted by atomic mass is 9.85. The van der Waals surface area contributed by atoms with Crippen molar-refractivity contribution in [2.45, 2.75) is 38.5 Å². The van der Waals surface area contributed by atoms with Crippen LogP contribution in [0.5, 0.6) is 11.5 Å². The molecule has 2 aromatic heterocycles. The zero-order chi connectivity index (χ0) is 24.5. The number of carbonyl (C=O) groups is 2. The molecule has 180 valence electrons. The van der Waals surface area contributed by atoms with Crippen LogP contribution in [0.3, 0.4) is 0 Å². The Balaban J connectivity index is 1.56. The van der Waals surface area contributed by atoms with Crippen molar-refractivity contribution < 1.29 is 28.5 Å². The van der Waals surface area contributed by atoms with Crippen LogP contribution in [-0.2, 0) is 37.8 Å². The average molecular weight is 478 g/mol. The molecule has 0 saturated carbocycles. The number of hydrogen-bond donors (Lipinski definition) is 2. The fraction of sp³-hybridized carbons (Fsp3) is 0.333. The zero-order valence-electron chi connectivity index (χ0n) is 18.9. The van der Waals surface area contributed by atoms with Crippen LogP contribution in [0.2, 0.25) is 0 Å². The van der Waals surface area contributed by atoms with E-state index >= 15 is 0 Å². The van der Waals surface area contributed by atoms with Crippen LogP contribution in [0.25, 0.3) is 22.3 Å². The molecule has 0 amide bonds. The van der Waals surface area contributed by atoms with Crippen LogP contribution in [-0.4, -0.2) is 34.8 Å². The maximum absolute atomic E-state index is 13.5. The lowest BCUT2D eigenvalue weighted by Gasteiger charge is -2.35. The van der Waals surface area contributed by atoms with E-state index in [1.807, 2.05) is 6.07 Å². The monoisotopic (exact) mass is 478 g/mol. The van der Waals surface area contributed by atoms with Crippen LogP contribution in [0.4, 0.5) is 5.69 Å². The van der Waals surface area contributed by atoms with Gasteiger partial charge in [-0.1, -0.05) is 6.92 Å². The number of carbonyl (C=O) groups excluding carboxylic acids is 2. The number of hydrogen-bond acceptors (Lipinski definition) is 10. The number of fused-ring (bicyclic) bond motifs is 6. The van der Waals surface area contributed by atoms with Crippen LogP contribution in [0.1, 0.15) is 36.5 Å². The lowest BCUT2D eigenvalue weighted by Crippen LogP contribution is -2.47. The molecule has 35 heavy (non-hydrogen) atoms. The second-order valence-electron chi connectivity index (χ2n) is 8.67. The summed E-state index contributed by atoms with van der Waals surface area (Å²) in [5, 5.41) is 0.691. The van der Waals surface area contributed by atoms with Crippen LogP contribution < -0.4 is 26.5 Å². The van der Waals surface area contributed by atoms with E-state index < -0.39 is 17.5 Å². The molecule has 6 rings (SSSR count). The summed E-state index contributed by atoms with van der Waals surface area (Å²) in [6.45, 7) is 1.91. The van der Waals surface area contributed by atoms with Gasteiger partial charge in [0.1, 0.15) is 6.61 Å². The van der Waals surface area contributed by atoms with Gasteiger partial charge in [0.05, 0.1) is 41.1 Å². The number of pyridine rings is 2. The number of cyclic esters (lactones) is 1. The van der Waals surface area contributed by atoms with E-state index in [9.17, 15) is 14.4 Å². The molecular formula is C24H22N4O7. The SMILES string of the molecule is CC[C@]1(OC(=O)CCN)C(=O)OCc2c1cc1n(c2=O)Cc2cc3c(N)c4c(cc3nc2-1)OCO4. The van der Waals surface area contributed by atoms with Gasteiger partial charge >= 0.3 is 11.9 Å². The van der Waals surface area contributed by atoms with Crippen molar-refractivity contribution in [2.24, 2.45) is 5.73 Å². The summed E-state index contributed by atoms with van der Waals surface area (Å²) in [7, 11) is 0. The summed E-state index contributed by atoms with van der Waals surface area (Å²) >= 11 is 0. The Morgan fingerprint density at radius 2 is 2.06 bits per heavy atom. The maximum atomic E-state index is 13.5. The normalized spacial score (nSPS) is 19.2. The highest BCUT2D eigenvalue weighted by atomic mass is 16.7. The molecule has 11 nitrogen and oxygen atoms in total. The molecule has 11 heteroatoms. The Labute approximate surface area is 198 Å². The molecular weight excluding hydrogens is 456 g/mol. The number of ether oxygens (including phenoxy) is 4. The summed E-state index contributed by atoms with van der Waals surface area (Å²) < 4.78 is 23.5. The third kappa shape index (κ3) is 2.88. The van der Waals surface area contributed by atoms with E-state index in [0.717, 1.165) is 5.56 Å². The number of nitrogen functional groups attached to an aromatic ring is 1. The highest BCUT2D eigenvalue weighted by molar-refractivity contribution is 5.98. The number of nitrogens with two attached hydrogens (primary N) is 2. The van der Waals surface area contributed by atoms with Crippen molar-refractivity contribution >= 4 is 28.5 Å². The third-order valence-corrected chi connectivity index (χ3v) is 6.79. The number of rotatable bonds is 4. The van der Waals surface area contributed by atoms with Crippen LogP contribution in [0.15, 0.2) is 23.0 Å². The van der Waals surface area contributed by atoms with Crippen LogP contribution in [0, 0.1) is 0 Å². The average Bonchev–Trinajstić information content (AvgIpc) is 3.45. The molecule has 0 aliphatic carbocycles. The van der Waals surface area contributed by atoms with Crippen LogP contribution >= 0.6 is 0 Å². The topological polar surface area (TPSA) is 158 Å². The minimum absolute atomic E-state index is 0.0673. The van der Waals surface area contributed by atoms with Crippen molar-refractivity contribution in [1.82, 2.24) is 9.55 Å². The summed E-state index contributed by atoms with van der Waals surface area (Å²) in [6, 6.07) is 5.34. The highest BCUT2D eigenvalue weighted by Crippen LogP contribution is 2.45. The number of benzene rings is 1. The van der Waals surface area contributed by atoms with Crippen molar-refractivity contribution in [2.75, 3.05) is 19.1 Å².